The molecule has 11 aromatic rings. The first-order valence-corrected chi connectivity index (χ1v) is 18.5. The van der Waals surface area contributed by atoms with Crippen LogP contribution in [0.5, 0.6) is 0 Å². The Morgan fingerprint density at radius 2 is 0.536 bits per heavy atom. The Morgan fingerprint density at radius 1 is 0.250 bits per heavy atom. The van der Waals surface area contributed by atoms with Crippen LogP contribution in [-0.2, 0) is 0 Å². The molecular formula is C48H30N8. The number of hydrogen-bond donors (Lipinski definition) is 0. The van der Waals surface area contributed by atoms with Gasteiger partial charge in [-0.25, -0.2) is 9.97 Å². The van der Waals surface area contributed by atoms with E-state index < -0.39 is 0 Å². The van der Waals surface area contributed by atoms with E-state index in [0.29, 0.717) is 35.2 Å². The fourth-order valence-electron chi connectivity index (χ4n) is 7.75. The summed E-state index contributed by atoms with van der Waals surface area (Å²) in [5.74, 6) is 3.18. The van der Waals surface area contributed by atoms with E-state index >= 15 is 0 Å². The van der Waals surface area contributed by atoms with Gasteiger partial charge in [0.15, 0.2) is 23.3 Å². The third-order valence-electron chi connectivity index (χ3n) is 10.3. The number of benzene rings is 7. The SMILES string of the molecule is c1ccc(-c2nc(-c3ccccc3-c3nc(-c4ccccc4)nc(-n4c5ccccc5c5ccccc54)n3)nc(-n3c4ccccc4c4ccccc43)n2)cc1. The zero-order valence-corrected chi connectivity index (χ0v) is 29.9. The summed E-state index contributed by atoms with van der Waals surface area (Å²) in [6, 6.07) is 61.6. The molecule has 0 aliphatic rings. The second-order valence-corrected chi connectivity index (χ2v) is 13.6. The number of rotatable bonds is 6. The summed E-state index contributed by atoms with van der Waals surface area (Å²) in [6.07, 6.45) is 0. The van der Waals surface area contributed by atoms with Crippen LogP contribution < -0.4 is 0 Å². The number of aromatic nitrogens is 8. The lowest BCUT2D eigenvalue weighted by Crippen LogP contribution is -2.08. The van der Waals surface area contributed by atoms with Gasteiger partial charge in [-0.15, -0.1) is 0 Å². The molecule has 0 bridgehead atoms. The minimum absolute atomic E-state index is 0.506. The van der Waals surface area contributed by atoms with E-state index in [9.17, 15) is 0 Å². The van der Waals surface area contributed by atoms with Crippen molar-refractivity contribution in [2.24, 2.45) is 0 Å². The van der Waals surface area contributed by atoms with Gasteiger partial charge in [-0.1, -0.05) is 158 Å². The highest BCUT2D eigenvalue weighted by Gasteiger charge is 2.22. The molecule has 4 heterocycles. The molecule has 4 aromatic heterocycles. The molecule has 0 unspecified atom stereocenters. The van der Waals surface area contributed by atoms with E-state index in [1.54, 1.807) is 0 Å². The summed E-state index contributed by atoms with van der Waals surface area (Å²) in [5.41, 5.74) is 7.36. The Hall–Kier alpha value is -7.84. The highest BCUT2D eigenvalue weighted by atomic mass is 15.2. The molecule has 0 atom stereocenters. The summed E-state index contributed by atoms with van der Waals surface area (Å²) in [7, 11) is 0. The normalized spacial score (nSPS) is 11.6. The van der Waals surface area contributed by atoms with Crippen molar-refractivity contribution in [3.63, 3.8) is 0 Å². The Kier molecular flexibility index (Phi) is 7.31. The fraction of sp³-hybridized carbons (Fsp3) is 0. The average molecular weight is 719 g/mol. The molecule has 0 N–H and O–H groups in total. The van der Waals surface area contributed by atoms with Gasteiger partial charge in [0.05, 0.1) is 22.1 Å². The number of para-hydroxylation sites is 4. The standard InChI is InChI=1S/C48H30N8/c1-3-17-31(18-4-1)43-49-45(53-47(51-43)55-39-27-13-9-21-33(39)34-22-10-14-28-40(34)55)37-25-7-8-26-38(37)46-50-44(32-19-5-2-6-20-32)52-48(54-46)56-41-29-15-11-23-35(41)36-24-12-16-30-42(36)56/h1-30H. The molecule has 0 aliphatic carbocycles. The van der Waals surface area contributed by atoms with Crippen molar-refractivity contribution in [2.75, 3.05) is 0 Å². The molecule has 8 nitrogen and oxygen atoms in total. The average Bonchev–Trinajstić information content (AvgIpc) is 3.80. The lowest BCUT2D eigenvalue weighted by Gasteiger charge is -2.14. The number of hydrogen-bond acceptors (Lipinski definition) is 6. The predicted molar refractivity (Wildman–Crippen MR) is 224 cm³/mol. The number of nitrogens with zero attached hydrogens (tertiary/aromatic N) is 8. The summed E-state index contributed by atoms with van der Waals surface area (Å²) in [5, 5.41) is 4.51. The first-order valence-electron chi connectivity index (χ1n) is 18.5. The second-order valence-electron chi connectivity index (χ2n) is 13.6. The minimum atomic E-state index is 0.506. The van der Waals surface area contributed by atoms with Crippen LogP contribution in [0.1, 0.15) is 0 Å². The van der Waals surface area contributed by atoms with Crippen molar-refractivity contribution in [2.45, 2.75) is 0 Å². The minimum Gasteiger partial charge on any atom is -0.278 e. The lowest BCUT2D eigenvalue weighted by atomic mass is 10.1. The summed E-state index contributed by atoms with van der Waals surface area (Å²) >= 11 is 0. The second kappa shape index (κ2) is 12.9. The maximum Gasteiger partial charge on any atom is 0.238 e. The van der Waals surface area contributed by atoms with Crippen molar-refractivity contribution in [1.82, 2.24) is 39.0 Å². The highest BCUT2D eigenvalue weighted by molar-refractivity contribution is 6.10. The highest BCUT2D eigenvalue weighted by Crippen LogP contribution is 2.36. The molecule has 0 saturated heterocycles. The van der Waals surface area contributed by atoms with Crippen LogP contribution in [0.25, 0.3) is 101 Å². The zero-order valence-electron chi connectivity index (χ0n) is 29.9. The van der Waals surface area contributed by atoms with Gasteiger partial charge in [-0.3, -0.25) is 9.13 Å². The van der Waals surface area contributed by atoms with Crippen LogP contribution in [0.3, 0.4) is 0 Å². The van der Waals surface area contributed by atoms with Gasteiger partial charge in [0.2, 0.25) is 11.9 Å². The van der Waals surface area contributed by atoms with Crippen LogP contribution in [-0.4, -0.2) is 39.0 Å². The van der Waals surface area contributed by atoms with Crippen molar-refractivity contribution in [3.8, 4) is 57.4 Å². The van der Waals surface area contributed by atoms with Gasteiger partial charge < -0.3 is 0 Å². The maximum atomic E-state index is 5.26. The van der Waals surface area contributed by atoms with Crippen molar-refractivity contribution >= 4 is 43.6 Å². The largest absolute Gasteiger partial charge is 0.278 e. The Labute approximate surface area is 321 Å². The smallest absolute Gasteiger partial charge is 0.238 e. The topological polar surface area (TPSA) is 87.2 Å². The summed E-state index contributed by atoms with van der Waals surface area (Å²) < 4.78 is 4.25. The first-order chi connectivity index (χ1) is 27.8. The molecule has 56 heavy (non-hydrogen) atoms. The van der Waals surface area contributed by atoms with Crippen molar-refractivity contribution in [1.29, 1.82) is 0 Å². The summed E-state index contributed by atoms with van der Waals surface area (Å²) in [6.45, 7) is 0. The van der Waals surface area contributed by atoms with Crippen LogP contribution >= 0.6 is 0 Å². The van der Waals surface area contributed by atoms with E-state index in [2.05, 4.69) is 81.9 Å². The fourth-order valence-corrected chi connectivity index (χ4v) is 7.75. The molecule has 0 spiro atoms. The quantitative estimate of drug-likeness (QED) is 0.170. The van der Waals surface area contributed by atoms with E-state index in [0.717, 1.165) is 65.9 Å². The molecule has 0 amide bonds. The van der Waals surface area contributed by atoms with Gasteiger partial charge in [0.25, 0.3) is 0 Å². The van der Waals surface area contributed by atoms with E-state index in [1.165, 1.54) is 0 Å². The molecule has 11 rings (SSSR count). The lowest BCUT2D eigenvalue weighted by molar-refractivity contribution is 0.946. The number of fused-ring (bicyclic) bond motifs is 6. The van der Waals surface area contributed by atoms with Gasteiger partial charge in [-0.05, 0) is 24.3 Å². The molecule has 0 fully saturated rings. The van der Waals surface area contributed by atoms with E-state index in [4.69, 9.17) is 29.9 Å². The van der Waals surface area contributed by atoms with Crippen LogP contribution in [0, 0.1) is 0 Å². The molecule has 0 radical (unpaired) electrons. The third-order valence-corrected chi connectivity index (χ3v) is 10.3. The van der Waals surface area contributed by atoms with Crippen molar-refractivity contribution < 1.29 is 0 Å². The monoisotopic (exact) mass is 718 g/mol. The molecule has 7 aromatic carbocycles. The van der Waals surface area contributed by atoms with E-state index in [-0.39, 0.29) is 0 Å². The zero-order chi connectivity index (χ0) is 37.0. The van der Waals surface area contributed by atoms with Gasteiger partial charge in [-0.2, -0.15) is 19.9 Å². The third kappa shape index (κ3) is 5.15. The molecule has 0 aliphatic heterocycles. The van der Waals surface area contributed by atoms with Crippen molar-refractivity contribution in [3.05, 3.63) is 182 Å². The van der Waals surface area contributed by atoms with Crippen LogP contribution in [0.2, 0.25) is 0 Å². The Bertz CT molecular complexity index is 2930. The molecule has 262 valence electrons. The molecular weight excluding hydrogens is 689 g/mol. The summed E-state index contributed by atoms with van der Waals surface area (Å²) in [4.78, 5) is 31.1. The molecule has 0 saturated carbocycles. The molecule has 8 heteroatoms. The first kappa shape index (κ1) is 31.7. The Morgan fingerprint density at radius 3 is 0.893 bits per heavy atom. The van der Waals surface area contributed by atoms with Gasteiger partial charge in [0.1, 0.15) is 0 Å². The van der Waals surface area contributed by atoms with E-state index in [1.807, 2.05) is 109 Å². The Balaban J connectivity index is 1.18. The maximum absolute atomic E-state index is 5.26. The van der Waals surface area contributed by atoms with Crippen LogP contribution in [0.15, 0.2) is 182 Å². The van der Waals surface area contributed by atoms with Gasteiger partial charge >= 0.3 is 0 Å². The van der Waals surface area contributed by atoms with Crippen LogP contribution in [0.4, 0.5) is 0 Å². The predicted octanol–water partition coefficient (Wildman–Crippen LogP) is 10.9. The van der Waals surface area contributed by atoms with Gasteiger partial charge in [0, 0.05) is 43.8 Å².